The van der Waals surface area contributed by atoms with Crippen LogP contribution in [-0.4, -0.2) is 27.8 Å². The lowest BCUT2D eigenvalue weighted by atomic mass is 10.1. The van der Waals surface area contributed by atoms with Gasteiger partial charge in [-0.05, 0) is 43.3 Å². The molecule has 2 aromatic carbocycles. The maximum absolute atomic E-state index is 12.0. The lowest BCUT2D eigenvalue weighted by Gasteiger charge is -2.04. The Hall–Kier alpha value is -3.13. The van der Waals surface area contributed by atoms with Crippen LogP contribution in [0.2, 0.25) is 0 Å². The van der Waals surface area contributed by atoms with Gasteiger partial charge in [0.15, 0.2) is 0 Å². The van der Waals surface area contributed by atoms with Gasteiger partial charge >= 0.3 is 0 Å². The number of carbonyl (C=O) groups excluding carboxylic acids is 2. The van der Waals surface area contributed by atoms with Crippen LogP contribution >= 0.6 is 11.8 Å². The largest absolute Gasteiger partial charge is 0.411 e. The molecule has 7 nitrogen and oxygen atoms in total. The number of benzene rings is 2. The summed E-state index contributed by atoms with van der Waals surface area (Å²) in [7, 11) is 0. The molecule has 8 heteroatoms. The third-order valence-electron chi connectivity index (χ3n) is 3.48. The molecule has 3 rings (SSSR count). The molecule has 3 N–H and O–H groups in total. The highest BCUT2D eigenvalue weighted by atomic mass is 32.2. The van der Waals surface area contributed by atoms with E-state index in [2.05, 4.69) is 15.5 Å². The molecule has 3 aromatic rings. The van der Waals surface area contributed by atoms with Crippen LogP contribution in [0.3, 0.4) is 0 Å². The number of nitrogens with zero attached hydrogens (tertiary/aromatic N) is 2. The van der Waals surface area contributed by atoms with Crippen molar-refractivity contribution in [2.75, 3.05) is 11.1 Å². The number of nitrogens with one attached hydrogen (secondary N) is 1. The zero-order chi connectivity index (χ0) is 18.5. The number of primary amides is 1. The van der Waals surface area contributed by atoms with Gasteiger partial charge < -0.3 is 15.5 Å². The first-order chi connectivity index (χ1) is 12.5. The summed E-state index contributed by atoms with van der Waals surface area (Å²) in [6.07, 6.45) is 0. The van der Waals surface area contributed by atoms with Crippen LogP contribution in [0.15, 0.2) is 58.2 Å². The van der Waals surface area contributed by atoms with Gasteiger partial charge in [0.05, 0.1) is 5.75 Å². The zero-order valence-corrected chi connectivity index (χ0v) is 14.7. The van der Waals surface area contributed by atoms with E-state index in [1.54, 1.807) is 24.3 Å². The Morgan fingerprint density at radius 3 is 2.42 bits per heavy atom. The normalized spacial score (nSPS) is 10.5. The molecule has 0 atom stereocenters. The number of hydrogen-bond donors (Lipinski definition) is 2. The van der Waals surface area contributed by atoms with Crippen LogP contribution in [0.4, 0.5) is 5.69 Å². The highest BCUT2D eigenvalue weighted by molar-refractivity contribution is 7.99. The van der Waals surface area contributed by atoms with Crippen LogP contribution in [-0.2, 0) is 4.79 Å². The summed E-state index contributed by atoms with van der Waals surface area (Å²) in [5.41, 5.74) is 8.10. The smallest absolute Gasteiger partial charge is 0.277 e. The van der Waals surface area contributed by atoms with Gasteiger partial charge in [-0.2, -0.15) is 0 Å². The third kappa shape index (κ3) is 4.48. The molecule has 2 amide bonds. The second kappa shape index (κ2) is 7.83. The minimum absolute atomic E-state index is 0.118. The van der Waals surface area contributed by atoms with Crippen LogP contribution in [0.5, 0.6) is 0 Å². The maximum atomic E-state index is 12.0. The minimum atomic E-state index is -0.515. The summed E-state index contributed by atoms with van der Waals surface area (Å²) < 4.78 is 5.56. The molecule has 0 fully saturated rings. The third-order valence-corrected chi connectivity index (χ3v) is 4.30. The molecule has 0 bridgehead atoms. The molecule has 1 heterocycles. The molecule has 0 aliphatic carbocycles. The number of anilines is 1. The maximum Gasteiger partial charge on any atom is 0.277 e. The monoisotopic (exact) mass is 368 g/mol. The fraction of sp³-hybridized carbons (Fsp3) is 0.111. The average Bonchev–Trinajstić information content (AvgIpc) is 3.10. The van der Waals surface area contributed by atoms with E-state index < -0.39 is 5.91 Å². The van der Waals surface area contributed by atoms with E-state index in [1.165, 1.54) is 0 Å². The van der Waals surface area contributed by atoms with Gasteiger partial charge in [-0.3, -0.25) is 9.59 Å². The Bertz CT molecular complexity index is 920. The topological polar surface area (TPSA) is 111 Å². The second-order valence-corrected chi connectivity index (χ2v) is 6.44. The first-order valence-electron chi connectivity index (χ1n) is 7.74. The minimum Gasteiger partial charge on any atom is -0.411 e. The van der Waals surface area contributed by atoms with Crippen LogP contribution in [0.25, 0.3) is 11.5 Å². The zero-order valence-electron chi connectivity index (χ0n) is 13.9. The van der Waals surface area contributed by atoms with Crippen molar-refractivity contribution in [2.45, 2.75) is 12.1 Å². The van der Waals surface area contributed by atoms with Crippen molar-refractivity contribution in [1.82, 2.24) is 10.2 Å². The average molecular weight is 368 g/mol. The predicted molar refractivity (Wildman–Crippen MR) is 98.8 cm³/mol. The van der Waals surface area contributed by atoms with E-state index in [4.69, 9.17) is 10.2 Å². The SMILES string of the molecule is Cc1ccc(-c2nnc(SCC(=O)Nc3ccc(C(N)=O)cc3)o2)cc1. The van der Waals surface area contributed by atoms with Gasteiger partial charge in [-0.25, -0.2) is 0 Å². The van der Waals surface area contributed by atoms with Gasteiger partial charge in [0.1, 0.15) is 0 Å². The Balaban J connectivity index is 1.54. The summed E-state index contributed by atoms with van der Waals surface area (Å²) in [5, 5.41) is 11.0. The molecule has 26 heavy (non-hydrogen) atoms. The van der Waals surface area contributed by atoms with Gasteiger partial charge in [0.2, 0.25) is 17.7 Å². The summed E-state index contributed by atoms with van der Waals surface area (Å²) in [6, 6.07) is 14.1. The fourth-order valence-corrected chi connectivity index (χ4v) is 2.69. The lowest BCUT2D eigenvalue weighted by molar-refractivity contribution is -0.113. The van der Waals surface area contributed by atoms with Crippen molar-refractivity contribution >= 4 is 29.3 Å². The number of nitrogens with two attached hydrogens (primary N) is 1. The molecule has 0 aliphatic rings. The molecule has 0 saturated carbocycles. The Kier molecular flexibility index (Phi) is 5.33. The number of rotatable bonds is 6. The highest BCUT2D eigenvalue weighted by Crippen LogP contribution is 2.23. The van der Waals surface area contributed by atoms with Crippen molar-refractivity contribution in [2.24, 2.45) is 5.73 Å². The molecule has 1 aromatic heterocycles. The van der Waals surface area contributed by atoms with E-state index in [0.717, 1.165) is 22.9 Å². The number of hydrogen-bond acceptors (Lipinski definition) is 6. The molecular formula is C18H16N4O3S. The molecule has 0 spiro atoms. The molecule has 132 valence electrons. The lowest BCUT2D eigenvalue weighted by Crippen LogP contribution is -2.15. The van der Waals surface area contributed by atoms with Crippen molar-refractivity contribution in [1.29, 1.82) is 0 Å². The Morgan fingerprint density at radius 2 is 1.77 bits per heavy atom. The van der Waals surface area contributed by atoms with E-state index in [-0.39, 0.29) is 11.7 Å². The first kappa shape index (κ1) is 17.7. The first-order valence-corrected chi connectivity index (χ1v) is 8.73. The highest BCUT2D eigenvalue weighted by Gasteiger charge is 2.11. The van der Waals surface area contributed by atoms with E-state index in [0.29, 0.717) is 22.4 Å². The van der Waals surface area contributed by atoms with E-state index in [1.807, 2.05) is 31.2 Å². The van der Waals surface area contributed by atoms with E-state index in [9.17, 15) is 9.59 Å². The van der Waals surface area contributed by atoms with Gasteiger partial charge in [0, 0.05) is 16.8 Å². The quantitative estimate of drug-likeness (QED) is 0.647. The van der Waals surface area contributed by atoms with Crippen molar-refractivity contribution in [3.63, 3.8) is 0 Å². The molecule has 0 radical (unpaired) electrons. The molecule has 0 unspecified atom stereocenters. The van der Waals surface area contributed by atoms with Gasteiger partial charge in [-0.1, -0.05) is 29.5 Å². The standard InChI is InChI=1S/C18H16N4O3S/c1-11-2-4-13(5-3-11)17-21-22-18(25-17)26-10-15(23)20-14-8-6-12(7-9-14)16(19)24/h2-9H,10H2,1H3,(H2,19,24)(H,20,23). The molecular weight excluding hydrogens is 352 g/mol. The number of thioether (sulfide) groups is 1. The summed E-state index contributed by atoms with van der Waals surface area (Å²) in [6.45, 7) is 2.00. The summed E-state index contributed by atoms with van der Waals surface area (Å²) in [5.74, 6) is -0.210. The summed E-state index contributed by atoms with van der Waals surface area (Å²) >= 11 is 1.15. The number of aromatic nitrogens is 2. The van der Waals surface area contributed by atoms with Crippen LogP contribution in [0.1, 0.15) is 15.9 Å². The predicted octanol–water partition coefficient (Wildman–Crippen LogP) is 2.87. The van der Waals surface area contributed by atoms with Crippen molar-refractivity contribution in [3.05, 3.63) is 59.7 Å². The van der Waals surface area contributed by atoms with Crippen LogP contribution < -0.4 is 11.1 Å². The van der Waals surface area contributed by atoms with Crippen LogP contribution in [0, 0.1) is 6.92 Å². The molecule has 0 saturated heterocycles. The fourth-order valence-electron chi connectivity index (χ4n) is 2.12. The van der Waals surface area contributed by atoms with Crippen molar-refractivity contribution in [3.8, 4) is 11.5 Å². The summed E-state index contributed by atoms with van der Waals surface area (Å²) in [4.78, 5) is 23.0. The number of carbonyl (C=O) groups is 2. The number of aryl methyl sites for hydroxylation is 1. The molecule has 0 aliphatic heterocycles. The Morgan fingerprint density at radius 1 is 1.08 bits per heavy atom. The van der Waals surface area contributed by atoms with Gasteiger partial charge in [0.25, 0.3) is 5.22 Å². The number of amides is 2. The van der Waals surface area contributed by atoms with E-state index >= 15 is 0 Å². The van der Waals surface area contributed by atoms with Gasteiger partial charge in [-0.15, -0.1) is 10.2 Å². The van der Waals surface area contributed by atoms with Crippen molar-refractivity contribution < 1.29 is 14.0 Å². The Labute approximate surface area is 154 Å². The second-order valence-electron chi connectivity index (χ2n) is 5.52.